The van der Waals surface area contributed by atoms with E-state index in [2.05, 4.69) is 31.8 Å². The van der Waals surface area contributed by atoms with Gasteiger partial charge in [-0.25, -0.2) is 8.42 Å². The van der Waals surface area contributed by atoms with Crippen LogP contribution < -0.4 is 9.04 Å². The number of hydrogen-bond donors (Lipinski definition) is 0. The second-order valence-corrected chi connectivity index (χ2v) is 10.3. The molecule has 1 heterocycles. The zero-order chi connectivity index (χ0) is 21.8. The number of ether oxygens (including phenoxy) is 1. The average Bonchev–Trinajstić information content (AvgIpc) is 2.73. The molecule has 158 valence electrons. The summed E-state index contributed by atoms with van der Waals surface area (Å²) in [5.41, 5.74) is 2.64. The van der Waals surface area contributed by atoms with E-state index in [1.165, 1.54) is 9.87 Å². The summed E-state index contributed by atoms with van der Waals surface area (Å²) in [6, 6.07) is 18.8. The van der Waals surface area contributed by atoms with E-state index in [0.717, 1.165) is 11.3 Å². The predicted molar refractivity (Wildman–Crippen MR) is 122 cm³/mol. The highest BCUT2D eigenvalue weighted by atomic mass is 32.2. The summed E-state index contributed by atoms with van der Waals surface area (Å²) in [6.45, 7) is 8.35. The maximum Gasteiger partial charge on any atom is 0.235 e. The van der Waals surface area contributed by atoms with Gasteiger partial charge in [-0.1, -0.05) is 39.0 Å². The van der Waals surface area contributed by atoms with E-state index in [1.54, 1.807) is 49.6 Å². The van der Waals surface area contributed by atoms with Crippen LogP contribution >= 0.6 is 0 Å². The maximum atomic E-state index is 12.7. The molecule has 2 aromatic carbocycles. The first-order valence-corrected chi connectivity index (χ1v) is 11.6. The number of rotatable bonds is 7. The van der Waals surface area contributed by atoms with Gasteiger partial charge in [-0.15, -0.1) is 0 Å². The average molecular weight is 425 g/mol. The highest BCUT2D eigenvalue weighted by Crippen LogP contribution is 2.30. The van der Waals surface area contributed by atoms with E-state index in [-0.39, 0.29) is 17.7 Å². The van der Waals surface area contributed by atoms with Crippen LogP contribution in [0.15, 0.2) is 73.1 Å². The van der Waals surface area contributed by atoms with Crippen LogP contribution in [-0.4, -0.2) is 19.2 Å². The zero-order valence-corrected chi connectivity index (χ0v) is 18.7. The molecule has 0 radical (unpaired) electrons. The van der Waals surface area contributed by atoms with Gasteiger partial charge in [0.25, 0.3) is 0 Å². The van der Waals surface area contributed by atoms with E-state index < -0.39 is 10.0 Å². The SMILES string of the molecule is CCS(=O)(=O)N(Cc1cccnc1)c1ccc(Oc2cccc(C(C)(C)C)c2)cc1. The van der Waals surface area contributed by atoms with E-state index >= 15 is 0 Å². The fraction of sp³-hybridized carbons (Fsp3) is 0.292. The Morgan fingerprint density at radius 2 is 1.70 bits per heavy atom. The molecule has 1 aromatic heterocycles. The first-order valence-electron chi connectivity index (χ1n) is 9.97. The van der Waals surface area contributed by atoms with Gasteiger partial charge in [0.05, 0.1) is 18.0 Å². The van der Waals surface area contributed by atoms with E-state index in [1.807, 2.05) is 24.3 Å². The number of sulfonamides is 1. The van der Waals surface area contributed by atoms with Gasteiger partial charge in [-0.05, 0) is 65.9 Å². The van der Waals surface area contributed by atoms with Crippen LogP contribution in [0.25, 0.3) is 0 Å². The molecule has 0 saturated carbocycles. The highest BCUT2D eigenvalue weighted by molar-refractivity contribution is 7.92. The summed E-state index contributed by atoms with van der Waals surface area (Å²) < 4.78 is 32.8. The number of benzene rings is 2. The molecule has 0 aliphatic rings. The molecular weight excluding hydrogens is 396 g/mol. The number of hydrogen-bond acceptors (Lipinski definition) is 4. The summed E-state index contributed by atoms with van der Waals surface area (Å²) in [7, 11) is -3.44. The molecule has 3 rings (SSSR count). The lowest BCUT2D eigenvalue weighted by atomic mass is 9.87. The molecule has 6 heteroatoms. The van der Waals surface area contributed by atoms with Gasteiger partial charge in [0.15, 0.2) is 0 Å². The zero-order valence-electron chi connectivity index (χ0n) is 17.9. The van der Waals surface area contributed by atoms with Crippen molar-refractivity contribution in [3.05, 3.63) is 84.2 Å². The molecule has 0 N–H and O–H groups in total. The van der Waals surface area contributed by atoms with Gasteiger partial charge in [0.2, 0.25) is 10.0 Å². The number of aromatic nitrogens is 1. The molecule has 30 heavy (non-hydrogen) atoms. The molecule has 0 unspecified atom stereocenters. The van der Waals surface area contributed by atoms with Crippen LogP contribution in [0.2, 0.25) is 0 Å². The molecule has 3 aromatic rings. The molecule has 0 amide bonds. The van der Waals surface area contributed by atoms with Crippen molar-refractivity contribution in [2.24, 2.45) is 0 Å². The lowest BCUT2D eigenvalue weighted by Gasteiger charge is -2.24. The Morgan fingerprint density at radius 1 is 0.967 bits per heavy atom. The molecule has 0 atom stereocenters. The van der Waals surface area contributed by atoms with E-state index in [4.69, 9.17) is 4.74 Å². The first-order chi connectivity index (χ1) is 14.2. The van der Waals surface area contributed by atoms with Gasteiger partial charge in [0, 0.05) is 12.4 Å². The fourth-order valence-electron chi connectivity index (χ4n) is 3.01. The van der Waals surface area contributed by atoms with Crippen LogP contribution in [0.3, 0.4) is 0 Å². The molecular formula is C24H28N2O3S. The highest BCUT2D eigenvalue weighted by Gasteiger charge is 2.21. The van der Waals surface area contributed by atoms with Crippen molar-refractivity contribution < 1.29 is 13.2 Å². The van der Waals surface area contributed by atoms with Crippen LogP contribution in [0.4, 0.5) is 5.69 Å². The van der Waals surface area contributed by atoms with Crippen molar-refractivity contribution in [3.63, 3.8) is 0 Å². The van der Waals surface area contributed by atoms with Gasteiger partial charge < -0.3 is 4.74 Å². The predicted octanol–water partition coefficient (Wildman–Crippen LogP) is 5.53. The fourth-order valence-corrected chi connectivity index (χ4v) is 4.11. The summed E-state index contributed by atoms with van der Waals surface area (Å²) in [6.07, 6.45) is 3.35. The lowest BCUT2D eigenvalue weighted by Crippen LogP contribution is -2.31. The molecule has 0 aliphatic heterocycles. The first kappa shape index (κ1) is 21.8. The molecule has 0 saturated heterocycles. The van der Waals surface area contributed by atoms with Crippen molar-refractivity contribution in [2.75, 3.05) is 10.1 Å². The minimum Gasteiger partial charge on any atom is -0.457 e. The van der Waals surface area contributed by atoms with Gasteiger partial charge >= 0.3 is 0 Å². The van der Waals surface area contributed by atoms with Crippen LogP contribution in [0.5, 0.6) is 11.5 Å². The number of nitrogens with zero attached hydrogens (tertiary/aromatic N) is 2. The van der Waals surface area contributed by atoms with Crippen molar-refractivity contribution in [2.45, 2.75) is 39.7 Å². The quantitative estimate of drug-likeness (QED) is 0.500. The topological polar surface area (TPSA) is 59.5 Å². The van der Waals surface area contributed by atoms with Gasteiger partial charge in [0.1, 0.15) is 11.5 Å². The standard InChI is InChI=1S/C24H28N2O3S/c1-5-30(27,28)26(18-19-8-7-15-25-17-19)21-11-13-22(14-12-21)29-23-10-6-9-20(16-23)24(2,3)4/h6-17H,5,18H2,1-4H3. The smallest absolute Gasteiger partial charge is 0.235 e. The Hall–Kier alpha value is -2.86. The van der Waals surface area contributed by atoms with Crippen molar-refractivity contribution in [1.82, 2.24) is 4.98 Å². The molecule has 0 aliphatic carbocycles. The van der Waals surface area contributed by atoms with Crippen molar-refractivity contribution >= 4 is 15.7 Å². The third kappa shape index (κ3) is 5.39. The van der Waals surface area contributed by atoms with Gasteiger partial charge in [-0.3, -0.25) is 9.29 Å². The second kappa shape index (κ2) is 8.88. The Kier molecular flexibility index (Phi) is 6.46. The van der Waals surface area contributed by atoms with Crippen LogP contribution in [-0.2, 0) is 22.0 Å². The Labute approximate surface area is 179 Å². The summed E-state index contributed by atoms with van der Waals surface area (Å²) >= 11 is 0. The molecule has 0 fully saturated rings. The lowest BCUT2D eigenvalue weighted by molar-refractivity contribution is 0.478. The van der Waals surface area contributed by atoms with Crippen LogP contribution in [0.1, 0.15) is 38.8 Å². The summed E-state index contributed by atoms with van der Waals surface area (Å²) in [5.74, 6) is 1.43. The third-order valence-electron chi connectivity index (χ3n) is 4.81. The molecule has 0 bridgehead atoms. The maximum absolute atomic E-state index is 12.7. The van der Waals surface area contributed by atoms with Gasteiger partial charge in [-0.2, -0.15) is 0 Å². The van der Waals surface area contributed by atoms with Crippen LogP contribution in [0, 0.1) is 0 Å². The number of anilines is 1. The minimum absolute atomic E-state index is 0.0190. The normalized spacial score (nSPS) is 11.9. The molecule has 5 nitrogen and oxygen atoms in total. The van der Waals surface area contributed by atoms with E-state index in [9.17, 15) is 8.42 Å². The summed E-state index contributed by atoms with van der Waals surface area (Å²) in [4.78, 5) is 4.08. The monoisotopic (exact) mass is 424 g/mol. The Bertz CT molecular complexity index is 1070. The third-order valence-corrected chi connectivity index (χ3v) is 6.55. The van der Waals surface area contributed by atoms with Crippen molar-refractivity contribution in [1.29, 1.82) is 0 Å². The minimum atomic E-state index is -3.44. The molecule has 0 spiro atoms. The largest absolute Gasteiger partial charge is 0.457 e. The Morgan fingerprint density at radius 3 is 2.30 bits per heavy atom. The van der Waals surface area contributed by atoms with Crippen molar-refractivity contribution in [3.8, 4) is 11.5 Å². The number of pyridine rings is 1. The summed E-state index contributed by atoms with van der Waals surface area (Å²) in [5, 5.41) is 0. The Balaban J connectivity index is 1.83. The van der Waals surface area contributed by atoms with E-state index in [0.29, 0.717) is 11.4 Å². The second-order valence-electron chi connectivity index (χ2n) is 8.14.